The third-order valence-corrected chi connectivity index (χ3v) is 4.21. The van der Waals surface area contributed by atoms with Gasteiger partial charge in [-0.1, -0.05) is 41.9 Å². The van der Waals surface area contributed by atoms with E-state index in [9.17, 15) is 14.7 Å². The SMILES string of the molecule is O=C(NN=Cc1c(O)n(-c2ccccc2Cl)c(=S)[nH]c1=O)c1ccccc1. The molecule has 0 atom stereocenters. The number of halogens is 1. The standard InChI is InChI=1S/C18H13ClN4O3S/c19-13-8-4-5-9-14(13)23-17(26)12(16(25)21-18(23)27)10-20-22-15(24)11-6-2-1-3-7-11/h1-10,26H,(H,22,24)(H,21,25,27). The second kappa shape index (κ2) is 7.98. The molecule has 9 heteroatoms. The Balaban J connectivity index is 1.96. The van der Waals surface area contributed by atoms with Gasteiger partial charge >= 0.3 is 0 Å². The van der Waals surface area contributed by atoms with Gasteiger partial charge in [-0.3, -0.25) is 19.1 Å². The molecule has 27 heavy (non-hydrogen) atoms. The van der Waals surface area contributed by atoms with Crippen LogP contribution in [0.4, 0.5) is 0 Å². The number of hydrogen-bond donors (Lipinski definition) is 3. The molecule has 0 aliphatic heterocycles. The van der Waals surface area contributed by atoms with E-state index in [0.717, 1.165) is 6.21 Å². The number of rotatable bonds is 4. The maximum absolute atomic E-state index is 12.1. The van der Waals surface area contributed by atoms with Crippen LogP contribution in [-0.2, 0) is 0 Å². The minimum atomic E-state index is -0.654. The van der Waals surface area contributed by atoms with E-state index in [1.807, 2.05) is 0 Å². The van der Waals surface area contributed by atoms with Crippen molar-refractivity contribution in [2.75, 3.05) is 0 Å². The number of hydrazone groups is 1. The summed E-state index contributed by atoms with van der Waals surface area (Å²) in [6.07, 6.45) is 1.04. The molecule has 1 heterocycles. The molecule has 7 nitrogen and oxygen atoms in total. The number of carbonyl (C=O) groups is 1. The lowest BCUT2D eigenvalue weighted by atomic mass is 10.2. The Hall–Kier alpha value is -3.23. The van der Waals surface area contributed by atoms with Crippen molar-refractivity contribution in [1.29, 1.82) is 0 Å². The largest absolute Gasteiger partial charge is 0.494 e. The zero-order valence-corrected chi connectivity index (χ0v) is 15.3. The number of benzene rings is 2. The van der Waals surface area contributed by atoms with Crippen LogP contribution in [0.3, 0.4) is 0 Å². The molecule has 0 aliphatic carbocycles. The summed E-state index contributed by atoms with van der Waals surface area (Å²) in [5.41, 5.74) is 2.25. The molecule has 136 valence electrons. The zero-order valence-electron chi connectivity index (χ0n) is 13.7. The molecule has 2 aromatic carbocycles. The highest BCUT2D eigenvalue weighted by Gasteiger charge is 2.14. The smallest absolute Gasteiger partial charge is 0.271 e. The number of para-hydroxylation sites is 1. The van der Waals surface area contributed by atoms with Crippen molar-refractivity contribution in [2.45, 2.75) is 0 Å². The van der Waals surface area contributed by atoms with Gasteiger partial charge in [0.15, 0.2) is 4.77 Å². The minimum Gasteiger partial charge on any atom is -0.494 e. The van der Waals surface area contributed by atoms with Crippen molar-refractivity contribution in [3.05, 3.63) is 85.9 Å². The first-order chi connectivity index (χ1) is 13.0. The zero-order chi connectivity index (χ0) is 19.4. The number of nitrogens with zero attached hydrogens (tertiary/aromatic N) is 2. The Morgan fingerprint density at radius 2 is 1.85 bits per heavy atom. The summed E-state index contributed by atoms with van der Waals surface area (Å²) in [5.74, 6) is -0.906. The van der Waals surface area contributed by atoms with Crippen LogP contribution in [0.25, 0.3) is 5.69 Å². The molecule has 0 radical (unpaired) electrons. The monoisotopic (exact) mass is 400 g/mol. The summed E-state index contributed by atoms with van der Waals surface area (Å²) in [7, 11) is 0. The van der Waals surface area contributed by atoms with Crippen molar-refractivity contribution in [3.63, 3.8) is 0 Å². The fourth-order valence-electron chi connectivity index (χ4n) is 2.32. The number of aromatic hydroxyl groups is 1. The van der Waals surface area contributed by atoms with E-state index in [4.69, 9.17) is 23.8 Å². The number of hydrogen-bond acceptors (Lipinski definition) is 5. The van der Waals surface area contributed by atoms with Crippen molar-refractivity contribution in [2.24, 2.45) is 5.10 Å². The van der Waals surface area contributed by atoms with Crippen molar-refractivity contribution < 1.29 is 9.90 Å². The molecule has 3 aromatic rings. The molecular formula is C18H13ClN4O3S. The van der Waals surface area contributed by atoms with Crippen molar-refractivity contribution in [3.8, 4) is 11.6 Å². The Labute approximate surface area is 163 Å². The van der Waals surface area contributed by atoms with Crippen molar-refractivity contribution in [1.82, 2.24) is 15.0 Å². The summed E-state index contributed by atoms with van der Waals surface area (Å²) in [4.78, 5) is 26.6. The molecule has 0 fully saturated rings. The first kappa shape index (κ1) is 18.6. The van der Waals surface area contributed by atoms with Gasteiger partial charge in [0.2, 0.25) is 5.88 Å². The van der Waals surface area contributed by atoms with E-state index in [0.29, 0.717) is 16.3 Å². The van der Waals surface area contributed by atoms with Gasteiger partial charge in [0, 0.05) is 5.56 Å². The Morgan fingerprint density at radius 3 is 2.56 bits per heavy atom. The summed E-state index contributed by atoms with van der Waals surface area (Å²) >= 11 is 11.3. The molecule has 3 rings (SSSR count). The van der Waals surface area contributed by atoms with Crippen LogP contribution in [0.15, 0.2) is 64.5 Å². The number of carbonyl (C=O) groups excluding carboxylic acids is 1. The van der Waals surface area contributed by atoms with E-state index in [-0.39, 0.29) is 10.3 Å². The number of amides is 1. The predicted octanol–water partition coefficient (Wildman–Crippen LogP) is 3.02. The van der Waals surface area contributed by atoms with Crippen molar-refractivity contribution >= 4 is 35.9 Å². The molecule has 0 spiro atoms. The van der Waals surface area contributed by atoms with E-state index >= 15 is 0 Å². The molecule has 1 amide bonds. The lowest BCUT2D eigenvalue weighted by Crippen LogP contribution is -2.21. The van der Waals surface area contributed by atoms with Gasteiger partial charge in [-0.05, 0) is 36.5 Å². The molecule has 0 saturated heterocycles. The second-order valence-corrected chi connectivity index (χ2v) is 6.14. The Bertz CT molecular complexity index is 1140. The van der Waals surface area contributed by atoms with Gasteiger partial charge in [-0.15, -0.1) is 0 Å². The summed E-state index contributed by atoms with van der Waals surface area (Å²) in [6, 6.07) is 15.1. The average molecular weight is 401 g/mol. The second-order valence-electron chi connectivity index (χ2n) is 5.35. The fourth-order valence-corrected chi connectivity index (χ4v) is 2.82. The number of aromatic amines is 1. The van der Waals surface area contributed by atoms with E-state index in [2.05, 4.69) is 15.5 Å². The van der Waals surface area contributed by atoms with Gasteiger partial charge in [-0.25, -0.2) is 5.43 Å². The topological polar surface area (TPSA) is 99.5 Å². The van der Waals surface area contributed by atoms with Gasteiger partial charge in [0.25, 0.3) is 11.5 Å². The molecule has 0 aliphatic rings. The molecule has 0 saturated carbocycles. The molecule has 3 N–H and O–H groups in total. The lowest BCUT2D eigenvalue weighted by Gasteiger charge is -2.12. The Kier molecular flexibility index (Phi) is 5.49. The first-order valence-electron chi connectivity index (χ1n) is 7.70. The van der Waals surface area contributed by atoms with Gasteiger partial charge in [0.1, 0.15) is 5.56 Å². The summed E-state index contributed by atoms with van der Waals surface area (Å²) in [6.45, 7) is 0. The van der Waals surface area contributed by atoms with Crippen LogP contribution in [-0.4, -0.2) is 26.8 Å². The number of aromatic nitrogens is 2. The van der Waals surface area contributed by atoms with Crippen LogP contribution in [0.5, 0.6) is 5.88 Å². The molecular weight excluding hydrogens is 388 g/mol. The van der Waals surface area contributed by atoms with E-state index in [1.54, 1.807) is 54.6 Å². The quantitative estimate of drug-likeness (QED) is 0.356. The third-order valence-electron chi connectivity index (χ3n) is 3.61. The Morgan fingerprint density at radius 1 is 1.19 bits per heavy atom. The normalized spacial score (nSPS) is 10.9. The van der Waals surface area contributed by atoms with Crippen LogP contribution in [0, 0.1) is 4.77 Å². The van der Waals surface area contributed by atoms with E-state index < -0.39 is 17.3 Å². The predicted molar refractivity (Wildman–Crippen MR) is 105 cm³/mol. The number of H-pyrrole nitrogens is 1. The number of nitrogens with one attached hydrogen (secondary N) is 2. The van der Waals surface area contributed by atoms with Crippen LogP contribution in [0.1, 0.15) is 15.9 Å². The van der Waals surface area contributed by atoms with Crippen LogP contribution in [0.2, 0.25) is 5.02 Å². The molecule has 0 bridgehead atoms. The lowest BCUT2D eigenvalue weighted by molar-refractivity contribution is 0.0955. The maximum atomic E-state index is 12.1. The highest BCUT2D eigenvalue weighted by molar-refractivity contribution is 7.71. The van der Waals surface area contributed by atoms with Gasteiger partial charge < -0.3 is 5.11 Å². The maximum Gasteiger partial charge on any atom is 0.271 e. The van der Waals surface area contributed by atoms with Crippen LogP contribution >= 0.6 is 23.8 Å². The third kappa shape index (κ3) is 3.97. The molecule has 1 aromatic heterocycles. The highest BCUT2D eigenvalue weighted by atomic mass is 35.5. The highest BCUT2D eigenvalue weighted by Crippen LogP contribution is 2.24. The molecule has 0 unspecified atom stereocenters. The fraction of sp³-hybridized carbons (Fsp3) is 0. The summed E-state index contributed by atoms with van der Waals surface area (Å²) in [5, 5.41) is 14.6. The van der Waals surface area contributed by atoms with Gasteiger partial charge in [0.05, 0.1) is 16.9 Å². The minimum absolute atomic E-state index is 0.0314. The average Bonchev–Trinajstić information content (AvgIpc) is 2.66. The van der Waals surface area contributed by atoms with E-state index in [1.165, 1.54) is 4.57 Å². The van der Waals surface area contributed by atoms with Crippen LogP contribution < -0.4 is 11.0 Å². The summed E-state index contributed by atoms with van der Waals surface area (Å²) < 4.78 is 1.18. The first-order valence-corrected chi connectivity index (χ1v) is 8.49. The van der Waals surface area contributed by atoms with Gasteiger partial charge in [-0.2, -0.15) is 5.10 Å².